The van der Waals surface area contributed by atoms with E-state index in [0.29, 0.717) is 0 Å². The molecule has 1 aromatic carbocycles. The zero-order chi connectivity index (χ0) is 12.9. The summed E-state index contributed by atoms with van der Waals surface area (Å²) in [4.78, 5) is 0. The Morgan fingerprint density at radius 2 is 1.47 bits per heavy atom. The first kappa shape index (κ1) is 12.5. The van der Waals surface area contributed by atoms with Gasteiger partial charge in [-0.1, -0.05) is 59.7 Å². The van der Waals surface area contributed by atoms with Crippen LogP contribution in [0.25, 0.3) is 0 Å². The highest BCUT2D eigenvalue weighted by atomic mass is 16.5. The molecule has 0 spiro atoms. The van der Waals surface area contributed by atoms with E-state index >= 15 is 0 Å². The minimum atomic E-state index is -0.121. The van der Waals surface area contributed by atoms with Crippen LogP contribution in [0.4, 0.5) is 0 Å². The predicted octanol–water partition coefficient (Wildman–Crippen LogP) is 4.45. The number of hydrogen-bond acceptors (Lipinski definition) is 1. The number of benzene rings is 1. The Hall–Kier alpha value is -0.980. The molecule has 0 radical (unpaired) electrons. The molecule has 1 aromatic rings. The van der Waals surface area contributed by atoms with E-state index in [2.05, 4.69) is 65.8 Å². The Labute approximate surface area is 105 Å². The van der Waals surface area contributed by atoms with Gasteiger partial charge >= 0.3 is 0 Å². The highest BCUT2D eigenvalue weighted by Gasteiger charge is 2.55. The van der Waals surface area contributed by atoms with Gasteiger partial charge in [0.25, 0.3) is 0 Å². The van der Waals surface area contributed by atoms with Crippen molar-refractivity contribution < 1.29 is 4.74 Å². The second kappa shape index (κ2) is 3.51. The van der Waals surface area contributed by atoms with Gasteiger partial charge in [0.1, 0.15) is 11.4 Å². The summed E-state index contributed by atoms with van der Waals surface area (Å²) in [6.45, 7) is 13.7. The normalized spacial score (nSPS) is 18.7. The number of rotatable bonds is 0. The molecule has 0 amide bonds. The molecule has 1 aliphatic heterocycles. The van der Waals surface area contributed by atoms with Gasteiger partial charge in [0.2, 0.25) is 0 Å². The van der Waals surface area contributed by atoms with Crippen molar-refractivity contribution in [3.63, 3.8) is 0 Å². The Kier molecular flexibility index (Phi) is 2.57. The smallest absolute Gasteiger partial charge is 0.123 e. The third-order valence-electron chi connectivity index (χ3n) is 4.12. The van der Waals surface area contributed by atoms with Crippen LogP contribution in [0.1, 0.15) is 47.1 Å². The van der Waals surface area contributed by atoms with Crippen LogP contribution in [-0.2, 0) is 6.42 Å². The molecule has 1 heteroatoms. The summed E-state index contributed by atoms with van der Waals surface area (Å²) in [5.41, 5.74) is 1.45. The fourth-order valence-corrected chi connectivity index (χ4v) is 3.20. The van der Waals surface area contributed by atoms with Crippen molar-refractivity contribution in [1.82, 2.24) is 0 Å². The van der Waals surface area contributed by atoms with E-state index in [1.165, 1.54) is 5.56 Å². The zero-order valence-corrected chi connectivity index (χ0v) is 11.9. The fourth-order valence-electron chi connectivity index (χ4n) is 3.20. The van der Waals surface area contributed by atoms with Crippen LogP contribution in [0.5, 0.6) is 5.75 Å². The summed E-state index contributed by atoms with van der Waals surface area (Å²) < 4.78 is 6.42. The molecule has 0 fully saturated rings. The standard InChI is InChI=1S/C16H24O/c1-14(2,3)16(15(4,5)6)11-12-9-7-8-10-13(12)17-16/h7-10H,11H2,1-6H3. The lowest BCUT2D eigenvalue weighted by atomic mass is 9.61. The van der Waals surface area contributed by atoms with E-state index < -0.39 is 0 Å². The first-order valence-electron chi connectivity index (χ1n) is 6.44. The van der Waals surface area contributed by atoms with Gasteiger partial charge in [-0.3, -0.25) is 0 Å². The van der Waals surface area contributed by atoms with E-state index in [9.17, 15) is 0 Å². The van der Waals surface area contributed by atoms with E-state index in [-0.39, 0.29) is 16.4 Å². The molecular formula is C16H24O. The molecule has 17 heavy (non-hydrogen) atoms. The van der Waals surface area contributed by atoms with Gasteiger partial charge in [-0.2, -0.15) is 0 Å². The first-order valence-corrected chi connectivity index (χ1v) is 6.44. The van der Waals surface area contributed by atoms with Gasteiger partial charge in [0.05, 0.1) is 0 Å². The molecule has 0 atom stereocenters. The van der Waals surface area contributed by atoms with Crippen molar-refractivity contribution in [3.05, 3.63) is 29.8 Å². The summed E-state index contributed by atoms with van der Waals surface area (Å²) in [5, 5.41) is 0. The number of para-hydroxylation sites is 1. The maximum absolute atomic E-state index is 6.42. The van der Waals surface area contributed by atoms with E-state index in [4.69, 9.17) is 4.74 Å². The quantitative estimate of drug-likeness (QED) is 0.642. The van der Waals surface area contributed by atoms with Crippen molar-refractivity contribution in [2.75, 3.05) is 0 Å². The maximum Gasteiger partial charge on any atom is 0.123 e. The second-order valence-corrected chi connectivity index (χ2v) is 7.21. The van der Waals surface area contributed by atoms with Crippen LogP contribution in [0.3, 0.4) is 0 Å². The number of hydrogen-bond donors (Lipinski definition) is 0. The van der Waals surface area contributed by atoms with Crippen LogP contribution in [-0.4, -0.2) is 5.60 Å². The van der Waals surface area contributed by atoms with E-state index in [1.807, 2.05) is 0 Å². The molecule has 94 valence electrons. The molecule has 1 heterocycles. The topological polar surface area (TPSA) is 9.23 Å². The molecule has 1 aliphatic rings. The fraction of sp³-hybridized carbons (Fsp3) is 0.625. The van der Waals surface area contributed by atoms with E-state index in [1.54, 1.807) is 0 Å². The van der Waals surface area contributed by atoms with Crippen LogP contribution in [0, 0.1) is 10.8 Å². The molecular weight excluding hydrogens is 208 g/mol. The van der Waals surface area contributed by atoms with Gasteiger partial charge in [-0.25, -0.2) is 0 Å². The average Bonchev–Trinajstić information content (AvgIpc) is 2.55. The molecule has 0 aromatic heterocycles. The Morgan fingerprint density at radius 1 is 0.941 bits per heavy atom. The van der Waals surface area contributed by atoms with Gasteiger partial charge in [0, 0.05) is 17.3 Å². The van der Waals surface area contributed by atoms with Gasteiger partial charge in [0.15, 0.2) is 0 Å². The first-order chi connectivity index (χ1) is 7.67. The molecule has 2 rings (SSSR count). The molecule has 0 unspecified atom stereocenters. The van der Waals surface area contributed by atoms with Crippen molar-refractivity contribution in [2.45, 2.75) is 53.6 Å². The molecule has 0 N–H and O–H groups in total. The average molecular weight is 232 g/mol. The SMILES string of the molecule is CC(C)(C)C1(C(C)(C)C)Cc2ccccc2O1. The van der Waals surface area contributed by atoms with Crippen LogP contribution in [0.15, 0.2) is 24.3 Å². The third kappa shape index (κ3) is 1.76. The predicted molar refractivity (Wildman–Crippen MR) is 72.4 cm³/mol. The van der Waals surface area contributed by atoms with Crippen LogP contribution in [0.2, 0.25) is 0 Å². The monoisotopic (exact) mass is 232 g/mol. The van der Waals surface area contributed by atoms with Crippen molar-refractivity contribution in [1.29, 1.82) is 0 Å². The number of ether oxygens (including phenoxy) is 1. The molecule has 0 aliphatic carbocycles. The highest BCUT2D eigenvalue weighted by molar-refractivity contribution is 5.40. The number of fused-ring (bicyclic) bond motifs is 1. The lowest BCUT2D eigenvalue weighted by Crippen LogP contribution is -2.56. The molecule has 0 saturated carbocycles. The molecule has 1 nitrogen and oxygen atoms in total. The van der Waals surface area contributed by atoms with Crippen LogP contribution >= 0.6 is 0 Å². The minimum absolute atomic E-state index is 0.115. The molecule has 0 bridgehead atoms. The highest BCUT2D eigenvalue weighted by Crippen LogP contribution is 2.53. The summed E-state index contributed by atoms with van der Waals surface area (Å²) in [6.07, 6.45) is 1.01. The second-order valence-electron chi connectivity index (χ2n) is 7.21. The van der Waals surface area contributed by atoms with Gasteiger partial charge in [-0.15, -0.1) is 0 Å². The zero-order valence-electron chi connectivity index (χ0n) is 11.9. The summed E-state index contributed by atoms with van der Waals surface area (Å²) in [5.74, 6) is 1.07. The summed E-state index contributed by atoms with van der Waals surface area (Å²) >= 11 is 0. The van der Waals surface area contributed by atoms with Gasteiger partial charge < -0.3 is 4.74 Å². The van der Waals surface area contributed by atoms with Crippen molar-refractivity contribution in [2.24, 2.45) is 10.8 Å². The Bertz CT molecular complexity index is 377. The summed E-state index contributed by atoms with van der Waals surface area (Å²) in [6, 6.07) is 8.44. The lowest BCUT2D eigenvalue weighted by molar-refractivity contribution is -0.0986. The summed E-state index contributed by atoms with van der Waals surface area (Å²) in [7, 11) is 0. The molecule has 0 saturated heterocycles. The minimum Gasteiger partial charge on any atom is -0.486 e. The van der Waals surface area contributed by atoms with Crippen LogP contribution < -0.4 is 4.74 Å². The largest absolute Gasteiger partial charge is 0.486 e. The lowest BCUT2D eigenvalue weighted by Gasteiger charge is -2.50. The van der Waals surface area contributed by atoms with Crippen molar-refractivity contribution >= 4 is 0 Å². The van der Waals surface area contributed by atoms with Gasteiger partial charge in [-0.05, 0) is 11.6 Å². The van der Waals surface area contributed by atoms with E-state index in [0.717, 1.165) is 12.2 Å². The third-order valence-corrected chi connectivity index (χ3v) is 4.12. The maximum atomic E-state index is 6.42. The Balaban J connectivity index is 2.50. The Morgan fingerprint density at radius 3 is 1.94 bits per heavy atom. The van der Waals surface area contributed by atoms with Crippen molar-refractivity contribution in [3.8, 4) is 5.75 Å².